The highest BCUT2D eigenvalue weighted by Crippen LogP contribution is 2.38. The molecule has 152 valence electrons. The van der Waals surface area contributed by atoms with Crippen LogP contribution in [0.2, 0.25) is 0 Å². The Bertz CT molecular complexity index is 846. The summed E-state index contributed by atoms with van der Waals surface area (Å²) in [5.41, 5.74) is 3.49. The quantitative estimate of drug-likeness (QED) is 0.531. The number of nitrogens with zero attached hydrogens (tertiary/aromatic N) is 2. The van der Waals surface area contributed by atoms with E-state index < -0.39 is 0 Å². The van der Waals surface area contributed by atoms with E-state index >= 15 is 0 Å². The summed E-state index contributed by atoms with van der Waals surface area (Å²) < 4.78 is 0. The van der Waals surface area contributed by atoms with Gasteiger partial charge in [-0.2, -0.15) is 0 Å². The van der Waals surface area contributed by atoms with Crippen LogP contribution in [0, 0.1) is 12.3 Å². The second kappa shape index (κ2) is 8.67. The summed E-state index contributed by atoms with van der Waals surface area (Å²) in [6, 6.07) is 6.39. The van der Waals surface area contributed by atoms with Gasteiger partial charge >= 0.3 is 0 Å². The molecule has 0 unspecified atom stereocenters. The fourth-order valence-electron chi connectivity index (χ4n) is 4.35. The van der Waals surface area contributed by atoms with Crippen molar-refractivity contribution in [3.05, 3.63) is 35.5 Å². The highest BCUT2D eigenvalue weighted by molar-refractivity contribution is 5.86. The highest BCUT2D eigenvalue weighted by Gasteiger charge is 2.42. The summed E-state index contributed by atoms with van der Waals surface area (Å²) in [6.45, 7) is 3.55. The van der Waals surface area contributed by atoms with Crippen LogP contribution in [0.15, 0.2) is 29.4 Å². The van der Waals surface area contributed by atoms with Crippen LogP contribution in [0.1, 0.15) is 36.8 Å². The number of amides is 1. The number of aromatic nitrogens is 1. The van der Waals surface area contributed by atoms with E-state index in [1.165, 1.54) is 22.0 Å². The summed E-state index contributed by atoms with van der Waals surface area (Å²) in [5, 5.41) is 8.08. The van der Waals surface area contributed by atoms with Gasteiger partial charge in [0.25, 0.3) is 0 Å². The summed E-state index contributed by atoms with van der Waals surface area (Å²) in [4.78, 5) is 22.2. The van der Waals surface area contributed by atoms with Crippen molar-refractivity contribution >= 4 is 22.8 Å². The molecule has 0 aliphatic heterocycles. The monoisotopic (exact) mass is 383 g/mol. The third-order valence-corrected chi connectivity index (χ3v) is 5.93. The maximum Gasteiger partial charge on any atom is 0.230 e. The van der Waals surface area contributed by atoms with Gasteiger partial charge in [-0.1, -0.05) is 31.0 Å². The summed E-state index contributed by atoms with van der Waals surface area (Å²) >= 11 is 0. The number of aromatic amines is 1. The Morgan fingerprint density at radius 1 is 1.25 bits per heavy atom. The minimum Gasteiger partial charge on any atom is -0.361 e. The first kappa shape index (κ1) is 20.2. The number of nitrogens with one attached hydrogen (secondary N) is 3. The fraction of sp³-hybridized carbons (Fsp3) is 0.545. The lowest BCUT2D eigenvalue weighted by molar-refractivity contribution is -0.138. The molecule has 1 amide bonds. The first-order chi connectivity index (χ1) is 13.5. The summed E-state index contributed by atoms with van der Waals surface area (Å²) in [7, 11) is 5.47. The second-order valence-electron chi connectivity index (χ2n) is 8.10. The molecule has 1 aromatic carbocycles. The van der Waals surface area contributed by atoms with E-state index in [4.69, 9.17) is 0 Å². The first-order valence-electron chi connectivity index (χ1n) is 10.2. The molecule has 3 rings (SSSR count). The van der Waals surface area contributed by atoms with E-state index in [0.29, 0.717) is 6.54 Å². The molecule has 0 bridgehead atoms. The molecule has 6 nitrogen and oxygen atoms in total. The van der Waals surface area contributed by atoms with Crippen LogP contribution in [-0.2, 0) is 11.2 Å². The number of hydrogen-bond donors (Lipinski definition) is 3. The van der Waals surface area contributed by atoms with Gasteiger partial charge in [0.05, 0.1) is 5.41 Å². The maximum atomic E-state index is 12.7. The lowest BCUT2D eigenvalue weighted by Crippen LogP contribution is -2.49. The zero-order chi connectivity index (χ0) is 20.1. The Morgan fingerprint density at radius 3 is 2.68 bits per heavy atom. The van der Waals surface area contributed by atoms with Crippen LogP contribution in [0.5, 0.6) is 0 Å². The highest BCUT2D eigenvalue weighted by atomic mass is 16.2. The van der Waals surface area contributed by atoms with Crippen molar-refractivity contribution in [2.75, 3.05) is 34.2 Å². The van der Waals surface area contributed by atoms with Crippen LogP contribution in [-0.4, -0.2) is 56.0 Å². The van der Waals surface area contributed by atoms with Crippen LogP contribution in [0.4, 0.5) is 0 Å². The molecule has 1 aliphatic rings. The minimum absolute atomic E-state index is 0.224. The van der Waals surface area contributed by atoms with Crippen molar-refractivity contribution in [1.82, 2.24) is 20.5 Å². The van der Waals surface area contributed by atoms with Crippen molar-refractivity contribution < 1.29 is 4.79 Å². The van der Waals surface area contributed by atoms with Gasteiger partial charge in [-0.25, -0.2) is 0 Å². The Morgan fingerprint density at radius 2 is 2.00 bits per heavy atom. The van der Waals surface area contributed by atoms with Crippen molar-refractivity contribution in [1.29, 1.82) is 0 Å². The number of hydrogen-bond acceptors (Lipinski definition) is 2. The van der Waals surface area contributed by atoms with Gasteiger partial charge in [-0.3, -0.25) is 9.79 Å². The van der Waals surface area contributed by atoms with Crippen molar-refractivity contribution in [2.24, 2.45) is 10.4 Å². The standard InChI is InChI=1S/C22H33N5O/c1-16-8-7-9-18-17(14-25-19(16)18)10-13-24-21(23-2)26-15-22(11-5-6-12-22)20(28)27(3)4/h7-9,14,25H,5-6,10-13,15H2,1-4H3,(H2,23,24,26). The van der Waals surface area contributed by atoms with Gasteiger partial charge in [0.15, 0.2) is 5.96 Å². The number of para-hydroxylation sites is 1. The molecule has 1 aromatic heterocycles. The zero-order valence-corrected chi connectivity index (χ0v) is 17.6. The number of carbonyl (C=O) groups excluding carboxylic acids is 1. The van der Waals surface area contributed by atoms with Gasteiger partial charge < -0.3 is 20.5 Å². The molecular formula is C22H33N5O. The van der Waals surface area contributed by atoms with Gasteiger partial charge in [-0.05, 0) is 37.3 Å². The number of aryl methyl sites for hydroxylation is 1. The normalized spacial score (nSPS) is 16.4. The molecule has 1 heterocycles. The Balaban J connectivity index is 1.56. The molecule has 2 aromatic rings. The Hall–Kier alpha value is -2.50. The topological polar surface area (TPSA) is 72.5 Å². The van der Waals surface area contributed by atoms with Gasteiger partial charge in [0.2, 0.25) is 5.91 Å². The Labute approximate surface area is 167 Å². The largest absolute Gasteiger partial charge is 0.361 e. The summed E-state index contributed by atoms with van der Waals surface area (Å²) in [5.74, 6) is 0.982. The molecule has 0 spiro atoms. The molecule has 0 atom stereocenters. The van der Waals surface area contributed by atoms with Gasteiger partial charge in [0.1, 0.15) is 0 Å². The number of H-pyrrole nitrogens is 1. The smallest absolute Gasteiger partial charge is 0.230 e. The average Bonchev–Trinajstić information content (AvgIpc) is 3.32. The molecule has 28 heavy (non-hydrogen) atoms. The third-order valence-electron chi connectivity index (χ3n) is 5.93. The molecule has 1 fully saturated rings. The number of aliphatic imine (C=N–C) groups is 1. The minimum atomic E-state index is -0.296. The Kier molecular flexibility index (Phi) is 6.27. The first-order valence-corrected chi connectivity index (χ1v) is 10.2. The molecule has 0 radical (unpaired) electrons. The summed E-state index contributed by atoms with van der Waals surface area (Å²) in [6.07, 6.45) is 7.14. The average molecular weight is 384 g/mol. The number of fused-ring (bicyclic) bond motifs is 1. The van der Waals surface area contributed by atoms with Crippen LogP contribution >= 0.6 is 0 Å². The van der Waals surface area contributed by atoms with Crippen molar-refractivity contribution in [2.45, 2.75) is 39.0 Å². The van der Waals surface area contributed by atoms with Gasteiger partial charge in [0, 0.05) is 51.3 Å². The second-order valence-corrected chi connectivity index (χ2v) is 8.10. The van der Waals surface area contributed by atoms with E-state index in [9.17, 15) is 4.79 Å². The predicted molar refractivity (Wildman–Crippen MR) is 116 cm³/mol. The number of guanidine groups is 1. The molecular weight excluding hydrogens is 350 g/mol. The van der Waals surface area contributed by atoms with E-state index in [1.807, 2.05) is 14.1 Å². The fourth-order valence-corrected chi connectivity index (χ4v) is 4.35. The zero-order valence-electron chi connectivity index (χ0n) is 17.6. The SMILES string of the molecule is CN=C(NCCc1c[nH]c2c(C)cccc12)NCC1(C(=O)N(C)C)CCCC1. The van der Waals surface area contributed by atoms with E-state index in [2.05, 4.69) is 51.9 Å². The van der Waals surface area contributed by atoms with E-state index in [1.54, 1.807) is 11.9 Å². The number of carbonyl (C=O) groups is 1. The predicted octanol–water partition coefficient (Wildman–Crippen LogP) is 2.83. The molecule has 1 aliphatic carbocycles. The van der Waals surface area contributed by atoms with Crippen LogP contribution < -0.4 is 10.6 Å². The van der Waals surface area contributed by atoms with Crippen LogP contribution in [0.25, 0.3) is 10.9 Å². The molecule has 6 heteroatoms. The lowest BCUT2D eigenvalue weighted by atomic mass is 9.84. The maximum absolute atomic E-state index is 12.7. The third kappa shape index (κ3) is 4.16. The number of rotatable bonds is 6. The molecule has 3 N–H and O–H groups in total. The number of benzene rings is 1. The van der Waals surface area contributed by atoms with Crippen molar-refractivity contribution in [3.63, 3.8) is 0 Å². The molecule has 1 saturated carbocycles. The van der Waals surface area contributed by atoms with Crippen molar-refractivity contribution in [3.8, 4) is 0 Å². The lowest BCUT2D eigenvalue weighted by Gasteiger charge is -2.31. The molecule has 0 saturated heterocycles. The van der Waals surface area contributed by atoms with E-state index in [0.717, 1.165) is 44.6 Å². The van der Waals surface area contributed by atoms with Crippen LogP contribution in [0.3, 0.4) is 0 Å². The van der Waals surface area contributed by atoms with E-state index in [-0.39, 0.29) is 11.3 Å². The van der Waals surface area contributed by atoms with Gasteiger partial charge in [-0.15, -0.1) is 0 Å².